The zero-order chi connectivity index (χ0) is 15.9. The van der Waals surface area contributed by atoms with E-state index < -0.39 is 0 Å². The van der Waals surface area contributed by atoms with Gasteiger partial charge >= 0.3 is 0 Å². The van der Waals surface area contributed by atoms with Gasteiger partial charge in [0.2, 0.25) is 5.91 Å². The van der Waals surface area contributed by atoms with Crippen LogP contribution < -0.4 is 5.32 Å². The highest BCUT2D eigenvalue weighted by Crippen LogP contribution is 2.61. The van der Waals surface area contributed by atoms with Crippen molar-refractivity contribution >= 4 is 5.91 Å². The second-order valence-electron chi connectivity index (χ2n) is 7.00. The molecule has 1 N–H and O–H groups in total. The van der Waals surface area contributed by atoms with E-state index in [9.17, 15) is 4.79 Å². The number of carbonyl (C=O) groups excluding carboxylic acids is 1. The molecule has 1 amide bonds. The summed E-state index contributed by atoms with van der Waals surface area (Å²) in [5.74, 6) is 2.96. The first-order valence-electron chi connectivity index (χ1n) is 8.43. The van der Waals surface area contributed by atoms with Gasteiger partial charge in [0.15, 0.2) is 5.66 Å². The fourth-order valence-electron chi connectivity index (χ4n) is 4.12. The van der Waals surface area contributed by atoms with Crippen LogP contribution in [0, 0.1) is 18.3 Å². The molecule has 0 bridgehead atoms. The number of nitrogens with one attached hydrogen (secondary N) is 1. The van der Waals surface area contributed by atoms with E-state index in [-0.39, 0.29) is 22.9 Å². The number of nitrogens with zero attached hydrogens (tertiary/aromatic N) is 2. The summed E-state index contributed by atoms with van der Waals surface area (Å²) < 4.78 is 0. The number of benzene rings is 1. The molecule has 3 aliphatic rings. The number of hydrogen-bond donors (Lipinski definition) is 1. The number of rotatable bonds is 6. The SMILES string of the molecule is C#CCCC1(CCNC(=O)C2CC23CCc2ccccc23)N=N1. The molecule has 1 aromatic rings. The van der Waals surface area contributed by atoms with Gasteiger partial charge in [-0.05, 0) is 30.4 Å². The molecule has 1 fully saturated rings. The molecule has 1 spiro atoms. The number of hydrogen-bond acceptors (Lipinski definition) is 3. The summed E-state index contributed by atoms with van der Waals surface area (Å²) in [5, 5.41) is 11.3. The highest BCUT2D eigenvalue weighted by Gasteiger charge is 2.61. The van der Waals surface area contributed by atoms with E-state index in [4.69, 9.17) is 6.42 Å². The van der Waals surface area contributed by atoms with Gasteiger partial charge in [0.1, 0.15) is 0 Å². The van der Waals surface area contributed by atoms with Gasteiger partial charge in [-0.2, -0.15) is 10.2 Å². The highest BCUT2D eigenvalue weighted by atomic mass is 16.2. The van der Waals surface area contributed by atoms with Crippen LogP contribution in [0.5, 0.6) is 0 Å². The van der Waals surface area contributed by atoms with Crippen LogP contribution in [0.1, 0.15) is 43.2 Å². The number of terminal acetylenes is 1. The lowest BCUT2D eigenvalue weighted by Crippen LogP contribution is -2.31. The van der Waals surface area contributed by atoms with Crippen molar-refractivity contribution in [2.75, 3.05) is 6.54 Å². The van der Waals surface area contributed by atoms with Crippen LogP contribution in [0.25, 0.3) is 0 Å². The maximum absolute atomic E-state index is 12.5. The zero-order valence-corrected chi connectivity index (χ0v) is 13.2. The molecule has 0 saturated heterocycles. The third-order valence-electron chi connectivity index (χ3n) is 5.66. The van der Waals surface area contributed by atoms with E-state index in [1.807, 2.05) is 0 Å². The average molecular weight is 307 g/mol. The zero-order valence-electron chi connectivity index (χ0n) is 13.2. The minimum Gasteiger partial charge on any atom is -0.356 e. The molecule has 1 aliphatic heterocycles. The Kier molecular flexibility index (Phi) is 3.26. The Bertz CT molecular complexity index is 712. The van der Waals surface area contributed by atoms with Gasteiger partial charge in [-0.1, -0.05) is 24.3 Å². The second-order valence-corrected chi connectivity index (χ2v) is 7.00. The Hall–Kier alpha value is -2.15. The molecule has 1 aromatic carbocycles. The van der Waals surface area contributed by atoms with Crippen molar-refractivity contribution in [3.63, 3.8) is 0 Å². The molecular formula is C19H21N3O. The Balaban J connectivity index is 1.30. The standard InChI is InChI=1S/C19H21N3O/c1-2-3-9-19(21-22-19)11-12-20-17(23)16-13-18(16)10-8-14-6-4-5-7-15(14)18/h1,4-7,16H,3,8-13H2,(H,20,23). The van der Waals surface area contributed by atoms with Crippen molar-refractivity contribution < 1.29 is 4.79 Å². The smallest absolute Gasteiger partial charge is 0.224 e. The fourth-order valence-corrected chi connectivity index (χ4v) is 4.12. The lowest BCUT2D eigenvalue weighted by Gasteiger charge is -2.13. The molecule has 23 heavy (non-hydrogen) atoms. The van der Waals surface area contributed by atoms with E-state index in [1.54, 1.807) is 0 Å². The van der Waals surface area contributed by atoms with Gasteiger partial charge in [0.05, 0.1) is 0 Å². The minimum absolute atomic E-state index is 0.121. The van der Waals surface area contributed by atoms with E-state index in [0.717, 1.165) is 32.1 Å². The predicted octanol–water partition coefficient (Wildman–Crippen LogP) is 2.97. The van der Waals surface area contributed by atoms with Crippen molar-refractivity contribution in [3.8, 4) is 12.3 Å². The minimum atomic E-state index is -0.305. The van der Waals surface area contributed by atoms with Crippen molar-refractivity contribution in [1.82, 2.24) is 5.32 Å². The van der Waals surface area contributed by atoms with Crippen molar-refractivity contribution in [2.45, 2.75) is 49.6 Å². The first-order chi connectivity index (χ1) is 11.2. The summed E-state index contributed by atoms with van der Waals surface area (Å²) in [6.45, 7) is 0.630. The number of fused-ring (bicyclic) bond motifs is 2. The van der Waals surface area contributed by atoms with Crippen LogP contribution >= 0.6 is 0 Å². The van der Waals surface area contributed by atoms with Crippen LogP contribution in [-0.4, -0.2) is 18.1 Å². The Morgan fingerprint density at radius 3 is 2.96 bits per heavy atom. The topological polar surface area (TPSA) is 53.8 Å². The van der Waals surface area contributed by atoms with Gasteiger partial charge in [0, 0.05) is 37.1 Å². The first kappa shape index (κ1) is 14.4. The van der Waals surface area contributed by atoms with Crippen LogP contribution in [0.3, 0.4) is 0 Å². The van der Waals surface area contributed by atoms with Crippen LogP contribution in [-0.2, 0) is 16.6 Å². The predicted molar refractivity (Wildman–Crippen MR) is 87.8 cm³/mol. The van der Waals surface area contributed by atoms with Crippen LogP contribution in [0.2, 0.25) is 0 Å². The maximum atomic E-state index is 12.5. The van der Waals surface area contributed by atoms with E-state index in [2.05, 4.69) is 45.7 Å². The van der Waals surface area contributed by atoms with Crippen molar-refractivity contribution in [2.24, 2.45) is 16.1 Å². The number of amides is 1. The molecule has 2 aliphatic carbocycles. The van der Waals surface area contributed by atoms with Gasteiger partial charge < -0.3 is 5.32 Å². The Morgan fingerprint density at radius 1 is 1.35 bits per heavy atom. The van der Waals surface area contributed by atoms with Crippen LogP contribution in [0.15, 0.2) is 34.5 Å². The number of aryl methyl sites for hydroxylation is 1. The lowest BCUT2D eigenvalue weighted by atomic mass is 9.95. The van der Waals surface area contributed by atoms with Gasteiger partial charge in [-0.3, -0.25) is 4.79 Å². The molecule has 0 aromatic heterocycles. The molecule has 2 atom stereocenters. The van der Waals surface area contributed by atoms with E-state index >= 15 is 0 Å². The Morgan fingerprint density at radius 2 is 2.17 bits per heavy atom. The molecular weight excluding hydrogens is 286 g/mol. The van der Waals surface area contributed by atoms with Crippen LogP contribution in [0.4, 0.5) is 0 Å². The molecule has 2 unspecified atom stereocenters. The molecule has 0 radical (unpaired) electrons. The van der Waals surface area contributed by atoms with Gasteiger partial charge in [-0.25, -0.2) is 0 Å². The summed E-state index contributed by atoms with van der Waals surface area (Å²) in [7, 11) is 0. The summed E-state index contributed by atoms with van der Waals surface area (Å²) in [6, 6.07) is 8.58. The summed E-state index contributed by atoms with van der Waals surface area (Å²) in [4.78, 5) is 12.5. The maximum Gasteiger partial charge on any atom is 0.224 e. The highest BCUT2D eigenvalue weighted by molar-refractivity contribution is 5.85. The summed E-state index contributed by atoms with van der Waals surface area (Å²) in [6.07, 6.45) is 10.7. The summed E-state index contributed by atoms with van der Waals surface area (Å²) in [5.41, 5.74) is 2.64. The van der Waals surface area contributed by atoms with Crippen molar-refractivity contribution in [1.29, 1.82) is 0 Å². The molecule has 4 heteroatoms. The van der Waals surface area contributed by atoms with Gasteiger partial charge in [0.25, 0.3) is 0 Å². The largest absolute Gasteiger partial charge is 0.356 e. The number of carbonyl (C=O) groups is 1. The second kappa shape index (κ2) is 5.19. The van der Waals surface area contributed by atoms with Crippen molar-refractivity contribution in [3.05, 3.63) is 35.4 Å². The molecule has 1 heterocycles. The molecule has 4 rings (SSSR count). The lowest BCUT2D eigenvalue weighted by molar-refractivity contribution is -0.122. The molecule has 118 valence electrons. The molecule has 1 saturated carbocycles. The Labute approximate surface area is 136 Å². The third kappa shape index (κ3) is 2.45. The third-order valence-corrected chi connectivity index (χ3v) is 5.66. The first-order valence-corrected chi connectivity index (χ1v) is 8.43. The van der Waals surface area contributed by atoms with E-state index in [0.29, 0.717) is 13.0 Å². The monoisotopic (exact) mass is 307 g/mol. The normalized spacial score (nSPS) is 28.2. The fraction of sp³-hybridized carbons (Fsp3) is 0.526. The quantitative estimate of drug-likeness (QED) is 0.807. The summed E-state index contributed by atoms with van der Waals surface area (Å²) >= 11 is 0. The van der Waals surface area contributed by atoms with E-state index in [1.165, 1.54) is 11.1 Å². The average Bonchev–Trinajstić information content (AvgIpc) is 3.45. The van der Waals surface area contributed by atoms with Gasteiger partial charge in [-0.15, -0.1) is 12.3 Å². The molecule has 4 nitrogen and oxygen atoms in total.